The molecular formula is C16H23O4P. The Hall–Kier alpha value is -1.22. The normalized spacial score (nSPS) is 12.0. The summed E-state index contributed by atoms with van der Waals surface area (Å²) in [6, 6.07) is 3.86. The molecule has 1 aromatic carbocycles. The molecule has 0 heterocycles. The molecule has 0 unspecified atom stereocenters. The zero-order chi connectivity index (χ0) is 15.9. The lowest BCUT2D eigenvalue weighted by molar-refractivity contribution is 0.112. The molecule has 0 aliphatic rings. The van der Waals surface area contributed by atoms with Gasteiger partial charge >= 0.3 is 7.60 Å². The topological polar surface area (TPSA) is 52.6 Å². The Balaban J connectivity index is 2.86. The summed E-state index contributed by atoms with van der Waals surface area (Å²) >= 11 is 0. The fourth-order valence-electron chi connectivity index (χ4n) is 2.14. The van der Waals surface area contributed by atoms with Gasteiger partial charge in [0.2, 0.25) is 0 Å². The number of aldehydes is 1. The summed E-state index contributed by atoms with van der Waals surface area (Å²) in [5.41, 5.74) is 3.56. The second kappa shape index (κ2) is 8.28. The highest BCUT2D eigenvalue weighted by Gasteiger charge is 2.21. The number of hydrogen-bond donors (Lipinski definition) is 0. The van der Waals surface area contributed by atoms with Crippen LogP contribution in [0.4, 0.5) is 0 Å². The van der Waals surface area contributed by atoms with Crippen LogP contribution in [0.2, 0.25) is 0 Å². The van der Waals surface area contributed by atoms with E-state index in [0.29, 0.717) is 13.2 Å². The number of benzene rings is 1. The maximum Gasteiger partial charge on any atom is 0.334 e. The third kappa shape index (κ3) is 5.24. The minimum atomic E-state index is -3.04. The standard InChI is InChI=1S/C16H23O4P/c1-5-19-21(18,20-6-2)9-7-8-15-10-13(3)16(12-17)14(4)11-15/h7-8,10-12H,5-6,9H2,1-4H3/b8-7+. The molecule has 0 aromatic heterocycles. The SMILES string of the molecule is CCOP(=O)(C/C=C/c1cc(C)c(C=O)c(C)c1)OCC. The molecule has 116 valence electrons. The van der Waals surface area contributed by atoms with Crippen molar-refractivity contribution in [2.75, 3.05) is 19.4 Å². The Bertz CT molecular complexity index is 530. The van der Waals surface area contributed by atoms with Crippen LogP contribution in [0.15, 0.2) is 18.2 Å². The summed E-state index contributed by atoms with van der Waals surface area (Å²) in [5.74, 6) is 0. The molecule has 0 spiro atoms. The van der Waals surface area contributed by atoms with Crippen molar-refractivity contribution in [3.63, 3.8) is 0 Å². The average molecular weight is 310 g/mol. The quantitative estimate of drug-likeness (QED) is 0.527. The van der Waals surface area contributed by atoms with Gasteiger partial charge in [0.25, 0.3) is 0 Å². The second-order valence-corrected chi connectivity index (χ2v) is 6.82. The lowest BCUT2D eigenvalue weighted by atomic mass is 10.0. The maximum absolute atomic E-state index is 12.3. The van der Waals surface area contributed by atoms with Gasteiger partial charge in [0, 0.05) is 5.56 Å². The van der Waals surface area contributed by atoms with E-state index >= 15 is 0 Å². The Kier molecular flexibility index (Phi) is 7.03. The van der Waals surface area contributed by atoms with Crippen molar-refractivity contribution < 1.29 is 18.4 Å². The molecule has 0 aliphatic heterocycles. The van der Waals surface area contributed by atoms with Crippen LogP contribution in [0.1, 0.15) is 40.9 Å². The van der Waals surface area contributed by atoms with Crippen molar-refractivity contribution in [1.29, 1.82) is 0 Å². The highest BCUT2D eigenvalue weighted by Crippen LogP contribution is 2.47. The molecule has 0 bridgehead atoms. The van der Waals surface area contributed by atoms with Gasteiger partial charge in [-0.15, -0.1) is 0 Å². The van der Waals surface area contributed by atoms with E-state index in [9.17, 15) is 9.36 Å². The Morgan fingerprint density at radius 1 is 1.10 bits per heavy atom. The van der Waals surface area contributed by atoms with Gasteiger partial charge in [-0.1, -0.05) is 24.3 Å². The molecule has 1 aromatic rings. The van der Waals surface area contributed by atoms with Crippen molar-refractivity contribution in [2.45, 2.75) is 27.7 Å². The van der Waals surface area contributed by atoms with Gasteiger partial charge in [-0.2, -0.15) is 0 Å². The van der Waals surface area contributed by atoms with Crippen LogP contribution in [0.3, 0.4) is 0 Å². The molecule has 0 saturated heterocycles. The van der Waals surface area contributed by atoms with Crippen LogP contribution in [-0.2, 0) is 13.6 Å². The molecule has 5 heteroatoms. The third-order valence-corrected chi connectivity index (χ3v) is 4.99. The molecule has 21 heavy (non-hydrogen) atoms. The Labute approximate surface area is 126 Å². The monoisotopic (exact) mass is 310 g/mol. The summed E-state index contributed by atoms with van der Waals surface area (Å²) in [6.07, 6.45) is 4.78. The summed E-state index contributed by atoms with van der Waals surface area (Å²) in [6.45, 7) is 8.11. The van der Waals surface area contributed by atoms with Crippen LogP contribution in [-0.4, -0.2) is 25.7 Å². The zero-order valence-electron chi connectivity index (χ0n) is 13.1. The fraction of sp³-hybridized carbons (Fsp3) is 0.438. The van der Waals surface area contributed by atoms with Gasteiger partial charge in [0.15, 0.2) is 6.29 Å². The second-order valence-electron chi connectivity index (χ2n) is 4.72. The van der Waals surface area contributed by atoms with Crippen LogP contribution in [0, 0.1) is 13.8 Å². The first-order valence-corrected chi connectivity index (χ1v) is 8.79. The molecular weight excluding hydrogens is 287 g/mol. The maximum atomic E-state index is 12.3. The van der Waals surface area contributed by atoms with E-state index in [1.165, 1.54) is 0 Å². The van der Waals surface area contributed by atoms with Gasteiger partial charge in [0.1, 0.15) is 0 Å². The predicted octanol–water partition coefficient (Wildman–Crippen LogP) is 4.40. The van der Waals surface area contributed by atoms with Gasteiger partial charge in [-0.3, -0.25) is 9.36 Å². The molecule has 0 N–H and O–H groups in total. The third-order valence-electron chi connectivity index (χ3n) is 3.02. The molecule has 0 fully saturated rings. The molecule has 0 atom stereocenters. The van der Waals surface area contributed by atoms with E-state index < -0.39 is 7.60 Å². The van der Waals surface area contributed by atoms with Crippen molar-refractivity contribution in [2.24, 2.45) is 0 Å². The first-order chi connectivity index (χ1) is 9.95. The molecule has 0 aliphatic carbocycles. The number of carbonyl (C=O) groups is 1. The summed E-state index contributed by atoms with van der Waals surface area (Å²) in [7, 11) is -3.04. The molecule has 0 radical (unpaired) electrons. The molecule has 4 nitrogen and oxygen atoms in total. The highest BCUT2D eigenvalue weighted by molar-refractivity contribution is 7.54. The smallest absolute Gasteiger partial charge is 0.309 e. The number of rotatable bonds is 8. The van der Waals surface area contributed by atoms with Gasteiger partial charge in [-0.05, 0) is 44.4 Å². The number of allylic oxidation sites excluding steroid dienone is 1. The van der Waals surface area contributed by atoms with E-state index in [1.54, 1.807) is 19.9 Å². The first kappa shape index (κ1) is 17.8. The van der Waals surface area contributed by atoms with Crippen LogP contribution >= 0.6 is 7.60 Å². The zero-order valence-corrected chi connectivity index (χ0v) is 14.0. The lowest BCUT2D eigenvalue weighted by Gasteiger charge is -2.14. The predicted molar refractivity (Wildman–Crippen MR) is 86.1 cm³/mol. The lowest BCUT2D eigenvalue weighted by Crippen LogP contribution is -1.98. The van der Waals surface area contributed by atoms with Crippen LogP contribution < -0.4 is 0 Å². The van der Waals surface area contributed by atoms with Crippen LogP contribution in [0.5, 0.6) is 0 Å². The van der Waals surface area contributed by atoms with Crippen molar-refractivity contribution in [1.82, 2.24) is 0 Å². The summed E-state index contributed by atoms with van der Waals surface area (Å²) in [4.78, 5) is 11.0. The number of aryl methyl sites for hydroxylation is 2. The van der Waals surface area contributed by atoms with Gasteiger partial charge in [0.05, 0.1) is 19.4 Å². The minimum absolute atomic E-state index is 0.238. The first-order valence-electron chi connectivity index (χ1n) is 7.06. The van der Waals surface area contributed by atoms with E-state index in [2.05, 4.69) is 0 Å². The highest BCUT2D eigenvalue weighted by atomic mass is 31.2. The van der Waals surface area contributed by atoms with Crippen molar-refractivity contribution in [3.8, 4) is 0 Å². The van der Waals surface area contributed by atoms with E-state index in [0.717, 1.165) is 28.5 Å². The van der Waals surface area contributed by atoms with E-state index in [1.807, 2.05) is 32.1 Å². The number of hydrogen-bond acceptors (Lipinski definition) is 4. The largest absolute Gasteiger partial charge is 0.334 e. The summed E-state index contributed by atoms with van der Waals surface area (Å²) in [5, 5.41) is 0. The molecule has 0 saturated carbocycles. The minimum Gasteiger partial charge on any atom is -0.309 e. The van der Waals surface area contributed by atoms with E-state index in [-0.39, 0.29) is 6.16 Å². The molecule has 1 rings (SSSR count). The van der Waals surface area contributed by atoms with Crippen LogP contribution in [0.25, 0.3) is 6.08 Å². The van der Waals surface area contributed by atoms with Gasteiger partial charge < -0.3 is 9.05 Å². The summed E-state index contributed by atoms with van der Waals surface area (Å²) < 4.78 is 22.8. The van der Waals surface area contributed by atoms with Crippen molar-refractivity contribution >= 4 is 20.0 Å². The molecule has 0 amide bonds. The number of carbonyl (C=O) groups excluding carboxylic acids is 1. The van der Waals surface area contributed by atoms with Gasteiger partial charge in [-0.25, -0.2) is 0 Å². The fourth-order valence-corrected chi connectivity index (χ4v) is 3.58. The van der Waals surface area contributed by atoms with E-state index in [4.69, 9.17) is 9.05 Å². The average Bonchev–Trinajstić information content (AvgIpc) is 2.39. The Morgan fingerprint density at radius 2 is 1.62 bits per heavy atom. The Morgan fingerprint density at radius 3 is 2.05 bits per heavy atom. The van der Waals surface area contributed by atoms with Crippen molar-refractivity contribution in [3.05, 3.63) is 40.5 Å².